The van der Waals surface area contributed by atoms with E-state index in [1.165, 1.54) is 0 Å². The molecule has 1 unspecified atom stereocenters. The first-order valence-corrected chi connectivity index (χ1v) is 11.1. The maximum atomic E-state index is 11.1. The highest BCUT2D eigenvalue weighted by molar-refractivity contribution is 7.89. The largest absolute Gasteiger partial charge is 0.490 e. The van der Waals surface area contributed by atoms with E-state index < -0.39 is 10.0 Å². The van der Waals surface area contributed by atoms with Crippen LogP contribution in [0.3, 0.4) is 0 Å². The Bertz CT molecular complexity index is 718. The molecule has 0 fully saturated rings. The van der Waals surface area contributed by atoms with Gasteiger partial charge in [0.15, 0.2) is 5.96 Å². The summed E-state index contributed by atoms with van der Waals surface area (Å²) >= 11 is 0. The van der Waals surface area contributed by atoms with Gasteiger partial charge in [-0.1, -0.05) is 26.0 Å². The van der Waals surface area contributed by atoms with Gasteiger partial charge >= 0.3 is 0 Å². The van der Waals surface area contributed by atoms with Crippen LogP contribution in [0.2, 0.25) is 0 Å². The lowest BCUT2D eigenvalue weighted by molar-refractivity contribution is 0.191. The van der Waals surface area contributed by atoms with Crippen molar-refractivity contribution < 1.29 is 13.2 Å². The van der Waals surface area contributed by atoms with Crippen molar-refractivity contribution >= 4 is 16.0 Å². The molecule has 0 radical (unpaired) electrons. The third-order valence-electron chi connectivity index (χ3n) is 3.78. The summed E-state index contributed by atoms with van der Waals surface area (Å²) in [6.07, 6.45) is 1.10. The van der Waals surface area contributed by atoms with Gasteiger partial charge in [-0.2, -0.15) is 0 Å². The standard InChI is InChI=1S/C19H34N4O3S/c1-6-21-19(22-9-10-27(20,24)25)23-13-17-8-7-15(4)12-18(17)26-16(5)11-14(2)3/h7-8,12,14,16H,6,9-11,13H2,1-5H3,(H2,20,24,25)(H2,21,22,23). The first-order valence-electron chi connectivity index (χ1n) is 9.39. The van der Waals surface area contributed by atoms with Crippen molar-refractivity contribution in [1.82, 2.24) is 10.6 Å². The molecular weight excluding hydrogens is 364 g/mol. The first kappa shape index (κ1) is 23.2. The summed E-state index contributed by atoms with van der Waals surface area (Å²) in [5, 5.41) is 11.1. The van der Waals surface area contributed by atoms with Crippen LogP contribution in [0, 0.1) is 12.8 Å². The van der Waals surface area contributed by atoms with E-state index in [1.54, 1.807) is 0 Å². The Balaban J connectivity index is 2.85. The molecule has 0 saturated carbocycles. The number of hydrogen-bond acceptors (Lipinski definition) is 4. The van der Waals surface area contributed by atoms with E-state index >= 15 is 0 Å². The third kappa shape index (κ3) is 10.2. The second kappa shape index (κ2) is 11.1. The minimum atomic E-state index is -3.50. The molecule has 1 rings (SSSR count). The first-order chi connectivity index (χ1) is 12.6. The molecule has 1 aromatic carbocycles. The predicted octanol–water partition coefficient (Wildman–Crippen LogP) is 2.15. The fourth-order valence-electron chi connectivity index (χ4n) is 2.65. The van der Waals surface area contributed by atoms with E-state index in [-0.39, 0.29) is 18.4 Å². The number of rotatable bonds is 10. The molecule has 0 spiro atoms. The molecule has 0 heterocycles. The average molecular weight is 399 g/mol. The minimum Gasteiger partial charge on any atom is -0.490 e. The van der Waals surface area contributed by atoms with E-state index in [0.29, 0.717) is 25.0 Å². The zero-order valence-corrected chi connectivity index (χ0v) is 17.9. The molecular formula is C19H34N4O3S. The maximum Gasteiger partial charge on any atom is 0.210 e. The number of ether oxygens (including phenoxy) is 1. The number of nitrogens with two attached hydrogens (primary N) is 1. The number of hydrogen-bond donors (Lipinski definition) is 3. The van der Waals surface area contributed by atoms with E-state index in [4.69, 9.17) is 9.88 Å². The molecule has 154 valence electrons. The van der Waals surface area contributed by atoms with Crippen LogP contribution >= 0.6 is 0 Å². The lowest BCUT2D eigenvalue weighted by Gasteiger charge is -2.19. The number of aryl methyl sites for hydroxylation is 1. The molecule has 8 heteroatoms. The van der Waals surface area contributed by atoms with Crippen LogP contribution in [-0.4, -0.2) is 39.3 Å². The quantitative estimate of drug-likeness (QED) is 0.414. The van der Waals surface area contributed by atoms with Gasteiger partial charge in [-0.15, -0.1) is 0 Å². The zero-order chi connectivity index (χ0) is 20.4. The fraction of sp³-hybridized carbons (Fsp3) is 0.632. The van der Waals surface area contributed by atoms with Crippen LogP contribution in [-0.2, 0) is 16.6 Å². The summed E-state index contributed by atoms with van der Waals surface area (Å²) < 4.78 is 28.3. The molecule has 0 aliphatic rings. The topological polar surface area (TPSA) is 106 Å². The Kier molecular flexibility index (Phi) is 9.59. The highest BCUT2D eigenvalue weighted by Crippen LogP contribution is 2.24. The van der Waals surface area contributed by atoms with E-state index in [9.17, 15) is 8.42 Å². The highest BCUT2D eigenvalue weighted by Gasteiger charge is 2.11. The van der Waals surface area contributed by atoms with Crippen molar-refractivity contribution in [1.29, 1.82) is 0 Å². The second-order valence-electron chi connectivity index (χ2n) is 7.16. The third-order valence-corrected chi connectivity index (χ3v) is 4.56. The molecule has 4 N–H and O–H groups in total. The van der Waals surface area contributed by atoms with Gasteiger partial charge in [0.25, 0.3) is 0 Å². The Labute approximate surface area is 163 Å². The molecule has 0 aliphatic heterocycles. The van der Waals surface area contributed by atoms with E-state index in [0.717, 1.165) is 23.3 Å². The Hall–Kier alpha value is -1.80. The maximum absolute atomic E-state index is 11.1. The fourth-order valence-corrected chi connectivity index (χ4v) is 3.04. The van der Waals surface area contributed by atoms with Gasteiger partial charge in [0, 0.05) is 18.7 Å². The van der Waals surface area contributed by atoms with Crippen LogP contribution in [0.1, 0.15) is 45.2 Å². The number of guanidine groups is 1. The van der Waals surface area contributed by atoms with Crippen molar-refractivity contribution in [3.05, 3.63) is 29.3 Å². The molecule has 0 aliphatic carbocycles. The number of sulfonamides is 1. The number of aliphatic imine (C=N–C) groups is 1. The van der Waals surface area contributed by atoms with Gasteiger partial charge in [0.05, 0.1) is 18.4 Å². The SMILES string of the molecule is CCNC(=NCc1ccc(C)cc1OC(C)CC(C)C)NCCS(N)(=O)=O. The summed E-state index contributed by atoms with van der Waals surface area (Å²) in [5.74, 6) is 1.80. The molecule has 0 aromatic heterocycles. The van der Waals surface area contributed by atoms with Crippen molar-refractivity contribution in [2.75, 3.05) is 18.8 Å². The van der Waals surface area contributed by atoms with Gasteiger partial charge in [0.1, 0.15) is 5.75 Å². The summed E-state index contributed by atoms with van der Waals surface area (Å²) in [6, 6.07) is 6.08. The summed E-state index contributed by atoms with van der Waals surface area (Å²) in [5.41, 5.74) is 2.12. The van der Waals surface area contributed by atoms with Gasteiger partial charge in [-0.25, -0.2) is 18.5 Å². The molecule has 27 heavy (non-hydrogen) atoms. The molecule has 1 atom stereocenters. The number of benzene rings is 1. The monoisotopic (exact) mass is 398 g/mol. The van der Waals surface area contributed by atoms with Crippen LogP contribution in [0.25, 0.3) is 0 Å². The van der Waals surface area contributed by atoms with Gasteiger partial charge in [0.2, 0.25) is 10.0 Å². The van der Waals surface area contributed by atoms with Crippen molar-refractivity contribution in [3.63, 3.8) is 0 Å². The lowest BCUT2D eigenvalue weighted by atomic mass is 10.1. The lowest BCUT2D eigenvalue weighted by Crippen LogP contribution is -2.40. The summed E-state index contributed by atoms with van der Waals surface area (Å²) in [6.45, 7) is 11.7. The number of nitrogens with zero attached hydrogens (tertiary/aromatic N) is 1. The molecule has 7 nitrogen and oxygen atoms in total. The van der Waals surface area contributed by atoms with Gasteiger partial charge in [-0.3, -0.25) is 0 Å². The minimum absolute atomic E-state index is 0.121. The molecule has 0 amide bonds. The van der Waals surface area contributed by atoms with Crippen molar-refractivity contribution in [3.8, 4) is 5.75 Å². The van der Waals surface area contributed by atoms with Crippen LogP contribution in [0.5, 0.6) is 5.75 Å². The normalized spacial score (nSPS) is 13.5. The van der Waals surface area contributed by atoms with Crippen LogP contribution < -0.4 is 20.5 Å². The van der Waals surface area contributed by atoms with Gasteiger partial charge < -0.3 is 15.4 Å². The van der Waals surface area contributed by atoms with Crippen molar-refractivity contribution in [2.24, 2.45) is 16.0 Å². The Morgan fingerprint density at radius 2 is 1.96 bits per heavy atom. The van der Waals surface area contributed by atoms with Crippen LogP contribution in [0.4, 0.5) is 0 Å². The molecule has 1 aromatic rings. The van der Waals surface area contributed by atoms with Gasteiger partial charge in [-0.05, 0) is 44.7 Å². The summed E-state index contributed by atoms with van der Waals surface area (Å²) in [4.78, 5) is 4.54. The average Bonchev–Trinajstić information content (AvgIpc) is 2.51. The van der Waals surface area contributed by atoms with E-state index in [2.05, 4.69) is 36.4 Å². The highest BCUT2D eigenvalue weighted by atomic mass is 32.2. The molecule has 0 saturated heterocycles. The Morgan fingerprint density at radius 1 is 1.26 bits per heavy atom. The van der Waals surface area contributed by atoms with E-state index in [1.807, 2.05) is 32.0 Å². The zero-order valence-electron chi connectivity index (χ0n) is 17.1. The predicted molar refractivity (Wildman–Crippen MR) is 112 cm³/mol. The Morgan fingerprint density at radius 3 is 2.56 bits per heavy atom. The molecule has 0 bridgehead atoms. The summed E-state index contributed by atoms with van der Waals surface area (Å²) in [7, 11) is -3.50. The number of primary sulfonamides is 1. The second-order valence-corrected chi connectivity index (χ2v) is 8.89. The smallest absolute Gasteiger partial charge is 0.210 e. The van der Waals surface area contributed by atoms with Crippen molar-refractivity contribution in [2.45, 2.75) is 53.7 Å². The number of nitrogens with one attached hydrogen (secondary N) is 2. The van der Waals surface area contributed by atoms with Crippen LogP contribution in [0.15, 0.2) is 23.2 Å².